The van der Waals surface area contributed by atoms with Gasteiger partial charge in [-0.3, -0.25) is 4.79 Å². The van der Waals surface area contributed by atoms with Crippen molar-refractivity contribution in [2.45, 2.75) is 37.1 Å². The maximum atomic E-state index is 12.1. The fraction of sp³-hybridized carbons (Fsp3) is 0.500. The summed E-state index contributed by atoms with van der Waals surface area (Å²) in [5.41, 5.74) is 0.580. The molecular formula is C14H22ClN3O3S. The van der Waals surface area contributed by atoms with Gasteiger partial charge in [-0.15, -0.1) is 12.4 Å². The smallest absolute Gasteiger partial charge is 0.240 e. The van der Waals surface area contributed by atoms with E-state index in [0.29, 0.717) is 18.3 Å². The molecule has 1 aliphatic rings. The number of hydrogen-bond donors (Lipinski definition) is 3. The molecule has 2 rings (SSSR count). The number of nitrogens with one attached hydrogen (secondary N) is 3. The summed E-state index contributed by atoms with van der Waals surface area (Å²) in [6.07, 6.45) is 3.05. The number of hydrogen-bond acceptors (Lipinski definition) is 4. The molecule has 3 N–H and O–H groups in total. The van der Waals surface area contributed by atoms with Crippen molar-refractivity contribution in [3.63, 3.8) is 0 Å². The van der Waals surface area contributed by atoms with Crippen LogP contribution in [0.2, 0.25) is 0 Å². The fourth-order valence-electron chi connectivity index (χ4n) is 2.37. The van der Waals surface area contributed by atoms with Crippen LogP contribution in [-0.2, 0) is 14.8 Å². The van der Waals surface area contributed by atoms with Crippen LogP contribution in [0.15, 0.2) is 29.2 Å². The second-order valence-corrected chi connectivity index (χ2v) is 6.95. The zero-order chi connectivity index (χ0) is 15.3. The lowest BCUT2D eigenvalue weighted by Gasteiger charge is -2.11. The van der Waals surface area contributed by atoms with Gasteiger partial charge in [-0.25, -0.2) is 13.1 Å². The van der Waals surface area contributed by atoms with E-state index >= 15 is 0 Å². The van der Waals surface area contributed by atoms with Crippen LogP contribution in [0.5, 0.6) is 0 Å². The van der Waals surface area contributed by atoms with Crippen LogP contribution in [0.3, 0.4) is 0 Å². The van der Waals surface area contributed by atoms with Gasteiger partial charge >= 0.3 is 0 Å². The Labute approximate surface area is 137 Å². The van der Waals surface area contributed by atoms with E-state index in [1.54, 1.807) is 12.1 Å². The highest BCUT2D eigenvalue weighted by Gasteiger charge is 2.17. The van der Waals surface area contributed by atoms with E-state index in [-0.39, 0.29) is 23.2 Å². The van der Waals surface area contributed by atoms with Gasteiger partial charge in [-0.05, 0) is 50.1 Å². The zero-order valence-corrected chi connectivity index (χ0v) is 14.1. The Bertz CT molecular complexity index is 584. The van der Waals surface area contributed by atoms with Crippen LogP contribution >= 0.6 is 12.4 Å². The minimum absolute atomic E-state index is 0. The number of carbonyl (C=O) groups excluding carboxylic acids is 1. The van der Waals surface area contributed by atoms with Crippen molar-refractivity contribution in [2.75, 3.05) is 18.4 Å². The quantitative estimate of drug-likeness (QED) is 0.727. The normalized spacial score (nSPS) is 17.8. The van der Waals surface area contributed by atoms with Crippen molar-refractivity contribution in [3.8, 4) is 0 Å². The van der Waals surface area contributed by atoms with Gasteiger partial charge in [-0.2, -0.15) is 0 Å². The standard InChI is InChI=1S/C14H21N3O3S.ClH/c1-11(18)17-13-4-6-14(7-5-13)21(19,20)16-10-8-12-3-2-9-15-12;/h4-7,12,15-16H,2-3,8-10H2,1H3,(H,17,18);1H/t12-;/m1./s1. The number of amides is 1. The Hall–Kier alpha value is -1.15. The molecule has 0 unspecified atom stereocenters. The number of sulfonamides is 1. The van der Waals surface area contributed by atoms with E-state index in [0.717, 1.165) is 25.8 Å². The summed E-state index contributed by atoms with van der Waals surface area (Å²) < 4.78 is 26.8. The Morgan fingerprint density at radius 3 is 2.55 bits per heavy atom. The molecule has 1 aromatic carbocycles. The van der Waals surface area contributed by atoms with Gasteiger partial charge in [0.25, 0.3) is 0 Å². The third kappa shape index (κ3) is 5.57. The Morgan fingerprint density at radius 2 is 2.00 bits per heavy atom. The number of halogens is 1. The summed E-state index contributed by atoms with van der Waals surface area (Å²) in [5, 5.41) is 5.93. The summed E-state index contributed by atoms with van der Waals surface area (Å²) in [7, 11) is -3.49. The summed E-state index contributed by atoms with van der Waals surface area (Å²) in [6.45, 7) is 2.85. The Kier molecular flexibility index (Phi) is 7.28. The molecule has 0 aliphatic carbocycles. The summed E-state index contributed by atoms with van der Waals surface area (Å²) in [5.74, 6) is -0.187. The first-order valence-electron chi connectivity index (χ1n) is 7.08. The molecule has 0 saturated carbocycles. The molecule has 8 heteroatoms. The molecule has 1 atom stereocenters. The summed E-state index contributed by atoms with van der Waals surface area (Å²) in [4.78, 5) is 11.1. The van der Waals surface area contributed by atoms with Gasteiger partial charge in [0.05, 0.1) is 4.90 Å². The lowest BCUT2D eigenvalue weighted by Crippen LogP contribution is -2.30. The first-order valence-corrected chi connectivity index (χ1v) is 8.56. The van der Waals surface area contributed by atoms with Crippen molar-refractivity contribution in [1.29, 1.82) is 0 Å². The Balaban J connectivity index is 0.00000242. The van der Waals surface area contributed by atoms with E-state index in [9.17, 15) is 13.2 Å². The van der Waals surface area contributed by atoms with Crippen LogP contribution in [0.4, 0.5) is 5.69 Å². The predicted molar refractivity (Wildman–Crippen MR) is 88.8 cm³/mol. The molecule has 0 bridgehead atoms. The highest BCUT2D eigenvalue weighted by Crippen LogP contribution is 2.14. The van der Waals surface area contributed by atoms with Crippen LogP contribution in [-0.4, -0.2) is 33.5 Å². The van der Waals surface area contributed by atoms with Crippen molar-refractivity contribution < 1.29 is 13.2 Å². The van der Waals surface area contributed by atoms with Crippen molar-refractivity contribution in [2.24, 2.45) is 0 Å². The SMILES string of the molecule is CC(=O)Nc1ccc(S(=O)(=O)NCC[C@H]2CCCN2)cc1.Cl. The van der Waals surface area contributed by atoms with Crippen molar-refractivity contribution in [1.82, 2.24) is 10.0 Å². The van der Waals surface area contributed by atoms with Crippen LogP contribution in [0.1, 0.15) is 26.2 Å². The number of rotatable bonds is 6. The molecule has 0 aromatic heterocycles. The van der Waals surface area contributed by atoms with E-state index in [1.165, 1.54) is 19.1 Å². The Morgan fingerprint density at radius 1 is 1.32 bits per heavy atom. The van der Waals surface area contributed by atoms with Crippen LogP contribution in [0, 0.1) is 0 Å². The maximum Gasteiger partial charge on any atom is 0.240 e. The molecule has 1 aromatic rings. The van der Waals surface area contributed by atoms with E-state index in [1.807, 2.05) is 0 Å². The molecule has 124 valence electrons. The van der Waals surface area contributed by atoms with Gasteiger partial charge in [0.2, 0.25) is 15.9 Å². The third-order valence-corrected chi connectivity index (χ3v) is 4.91. The molecule has 1 fully saturated rings. The largest absolute Gasteiger partial charge is 0.326 e. The van der Waals surface area contributed by atoms with E-state index in [4.69, 9.17) is 0 Å². The van der Waals surface area contributed by atoms with E-state index < -0.39 is 10.0 Å². The monoisotopic (exact) mass is 347 g/mol. The lowest BCUT2D eigenvalue weighted by molar-refractivity contribution is -0.114. The fourth-order valence-corrected chi connectivity index (χ4v) is 3.42. The van der Waals surface area contributed by atoms with Gasteiger partial charge in [-0.1, -0.05) is 0 Å². The summed E-state index contributed by atoms with van der Waals surface area (Å²) in [6, 6.07) is 6.54. The molecule has 1 aliphatic heterocycles. The second kappa shape index (κ2) is 8.47. The highest BCUT2D eigenvalue weighted by atomic mass is 35.5. The number of anilines is 1. The van der Waals surface area contributed by atoms with Crippen LogP contribution < -0.4 is 15.4 Å². The molecule has 1 heterocycles. The molecule has 1 amide bonds. The van der Waals surface area contributed by atoms with Crippen LogP contribution in [0.25, 0.3) is 0 Å². The van der Waals surface area contributed by atoms with Gasteiger partial charge < -0.3 is 10.6 Å². The summed E-state index contributed by atoms with van der Waals surface area (Å²) >= 11 is 0. The lowest BCUT2D eigenvalue weighted by atomic mass is 10.2. The van der Waals surface area contributed by atoms with Gasteiger partial charge in [0, 0.05) is 25.2 Å². The molecule has 0 radical (unpaired) electrons. The first kappa shape index (κ1) is 18.9. The molecule has 6 nitrogen and oxygen atoms in total. The second-order valence-electron chi connectivity index (χ2n) is 5.19. The maximum absolute atomic E-state index is 12.1. The number of benzene rings is 1. The average molecular weight is 348 g/mol. The minimum Gasteiger partial charge on any atom is -0.326 e. The number of carbonyl (C=O) groups is 1. The molecule has 0 spiro atoms. The topological polar surface area (TPSA) is 87.3 Å². The molecular weight excluding hydrogens is 326 g/mol. The zero-order valence-electron chi connectivity index (χ0n) is 12.5. The minimum atomic E-state index is -3.49. The predicted octanol–water partition coefficient (Wildman–Crippen LogP) is 1.49. The third-order valence-electron chi connectivity index (χ3n) is 3.43. The molecule has 22 heavy (non-hydrogen) atoms. The van der Waals surface area contributed by atoms with Crippen molar-refractivity contribution >= 4 is 34.0 Å². The van der Waals surface area contributed by atoms with E-state index in [2.05, 4.69) is 15.4 Å². The average Bonchev–Trinajstić information content (AvgIpc) is 2.91. The van der Waals surface area contributed by atoms with Crippen molar-refractivity contribution in [3.05, 3.63) is 24.3 Å². The first-order chi connectivity index (χ1) is 9.97. The highest BCUT2D eigenvalue weighted by molar-refractivity contribution is 7.89. The van der Waals surface area contributed by atoms with Gasteiger partial charge in [0.15, 0.2) is 0 Å². The molecule has 1 saturated heterocycles. The van der Waals surface area contributed by atoms with Gasteiger partial charge in [0.1, 0.15) is 0 Å².